The Hall–Kier alpha value is -3.10. The highest BCUT2D eigenvalue weighted by molar-refractivity contribution is 7.99. The van der Waals surface area contributed by atoms with E-state index in [1.54, 1.807) is 6.21 Å². The Morgan fingerprint density at radius 3 is 2.76 bits per heavy atom. The van der Waals surface area contributed by atoms with Gasteiger partial charge in [0.2, 0.25) is 0 Å². The molecule has 1 saturated carbocycles. The van der Waals surface area contributed by atoms with E-state index in [9.17, 15) is 4.79 Å². The van der Waals surface area contributed by atoms with Crippen molar-refractivity contribution in [1.82, 2.24) is 25.2 Å². The van der Waals surface area contributed by atoms with Crippen molar-refractivity contribution in [3.05, 3.63) is 65.3 Å². The number of nitrogens with one attached hydrogen (secondary N) is 2. The fourth-order valence-electron chi connectivity index (χ4n) is 4.38. The van der Waals surface area contributed by atoms with Gasteiger partial charge in [-0.25, -0.2) is 5.43 Å². The fourth-order valence-corrected chi connectivity index (χ4v) is 5.30. The fraction of sp³-hybridized carbons (Fsp3) is 0.280. The summed E-state index contributed by atoms with van der Waals surface area (Å²) in [5.41, 5.74) is 5.55. The molecule has 34 heavy (non-hydrogen) atoms. The minimum atomic E-state index is -0.188. The van der Waals surface area contributed by atoms with Crippen molar-refractivity contribution in [2.45, 2.75) is 43.3 Å². The average Bonchev–Trinajstić information content (AvgIpc) is 3.48. The highest BCUT2D eigenvalue weighted by Crippen LogP contribution is 2.35. The van der Waals surface area contributed by atoms with Gasteiger partial charge in [-0.05, 0) is 43.2 Å². The normalized spacial score (nSPS) is 14.7. The predicted molar refractivity (Wildman–Crippen MR) is 137 cm³/mol. The number of carbonyl (C=O) groups is 1. The van der Waals surface area contributed by atoms with E-state index in [1.165, 1.54) is 31.0 Å². The quantitative estimate of drug-likeness (QED) is 0.193. The second-order valence-electron chi connectivity index (χ2n) is 8.35. The Balaban J connectivity index is 1.28. The van der Waals surface area contributed by atoms with Crippen LogP contribution in [-0.2, 0) is 4.79 Å². The molecule has 0 saturated heterocycles. The molecule has 1 fully saturated rings. The van der Waals surface area contributed by atoms with Crippen molar-refractivity contribution >= 4 is 46.4 Å². The summed E-state index contributed by atoms with van der Waals surface area (Å²) in [7, 11) is 0. The highest BCUT2D eigenvalue weighted by atomic mass is 35.5. The molecular formula is C25H25ClN6OS. The molecular weight excluding hydrogens is 468 g/mol. The maximum Gasteiger partial charge on any atom is 0.250 e. The number of hydrogen-bond donors (Lipinski definition) is 2. The van der Waals surface area contributed by atoms with E-state index in [0.29, 0.717) is 11.1 Å². The van der Waals surface area contributed by atoms with Crippen LogP contribution in [0.3, 0.4) is 0 Å². The molecule has 1 amide bonds. The molecule has 2 heterocycles. The summed E-state index contributed by atoms with van der Waals surface area (Å²) in [6, 6.07) is 16.0. The van der Waals surface area contributed by atoms with Crippen LogP contribution < -0.4 is 5.43 Å². The van der Waals surface area contributed by atoms with Gasteiger partial charge >= 0.3 is 0 Å². The molecule has 174 valence electrons. The first-order chi connectivity index (χ1) is 16.7. The van der Waals surface area contributed by atoms with E-state index in [0.717, 1.165) is 45.9 Å². The number of carbonyl (C=O) groups excluding carboxylic acids is 1. The van der Waals surface area contributed by atoms with Crippen molar-refractivity contribution in [1.29, 1.82) is 0 Å². The van der Waals surface area contributed by atoms with Gasteiger partial charge < -0.3 is 4.98 Å². The van der Waals surface area contributed by atoms with Gasteiger partial charge in [0.1, 0.15) is 0 Å². The Kier molecular flexibility index (Phi) is 6.97. The van der Waals surface area contributed by atoms with Crippen molar-refractivity contribution in [2.75, 3.05) is 5.75 Å². The lowest BCUT2D eigenvalue weighted by molar-refractivity contribution is -0.118. The van der Waals surface area contributed by atoms with Crippen LogP contribution >= 0.6 is 23.4 Å². The lowest BCUT2D eigenvalue weighted by Crippen LogP contribution is -2.20. The summed E-state index contributed by atoms with van der Waals surface area (Å²) in [5, 5.41) is 15.6. The first-order valence-electron chi connectivity index (χ1n) is 11.4. The largest absolute Gasteiger partial charge is 0.361 e. The highest BCUT2D eigenvalue weighted by Gasteiger charge is 2.24. The van der Waals surface area contributed by atoms with E-state index in [4.69, 9.17) is 11.6 Å². The van der Waals surface area contributed by atoms with Gasteiger partial charge in [0.05, 0.1) is 12.0 Å². The monoisotopic (exact) mass is 492 g/mol. The van der Waals surface area contributed by atoms with Gasteiger partial charge in [0, 0.05) is 39.3 Å². The lowest BCUT2D eigenvalue weighted by Gasteiger charge is -2.25. The first kappa shape index (κ1) is 22.7. The number of rotatable bonds is 7. The number of hydrogen-bond acceptors (Lipinski definition) is 5. The van der Waals surface area contributed by atoms with Crippen molar-refractivity contribution in [2.24, 2.45) is 5.10 Å². The number of thioether (sulfide) groups is 1. The topological polar surface area (TPSA) is 88.0 Å². The number of benzene rings is 2. The third-order valence-corrected chi connectivity index (χ3v) is 7.25. The molecule has 5 rings (SSSR count). The van der Waals surface area contributed by atoms with E-state index in [1.807, 2.05) is 54.7 Å². The molecule has 0 radical (unpaired) electrons. The van der Waals surface area contributed by atoms with E-state index < -0.39 is 0 Å². The number of H-pyrrole nitrogens is 1. The van der Waals surface area contributed by atoms with Gasteiger partial charge in [0.25, 0.3) is 5.91 Å². The Morgan fingerprint density at radius 1 is 1.15 bits per heavy atom. The number of nitrogens with zero attached hydrogens (tertiary/aromatic N) is 4. The standard InChI is InChI=1S/C25H25ClN6OS/c26-19-12-10-17(11-13-19)24-30-31-25(32(24)20-6-2-1-3-7-20)34-16-23(33)29-28-15-18-14-27-22-9-5-4-8-21(18)22/h4-5,8-15,20,27H,1-3,6-7,16H2,(H,29,33)/b28-15+. The molecule has 0 unspecified atom stereocenters. The smallest absolute Gasteiger partial charge is 0.250 e. The number of amides is 1. The number of fused-ring (bicyclic) bond motifs is 1. The van der Waals surface area contributed by atoms with E-state index in [2.05, 4.69) is 30.3 Å². The lowest BCUT2D eigenvalue weighted by atomic mass is 9.95. The second-order valence-corrected chi connectivity index (χ2v) is 9.73. The number of halogens is 1. The second kappa shape index (κ2) is 10.4. The van der Waals surface area contributed by atoms with Crippen LogP contribution in [0.25, 0.3) is 22.3 Å². The first-order valence-corrected chi connectivity index (χ1v) is 12.8. The Bertz CT molecular complexity index is 1310. The number of hydrazone groups is 1. The third-order valence-electron chi connectivity index (χ3n) is 6.05. The molecule has 2 N–H and O–H groups in total. The van der Waals surface area contributed by atoms with Crippen LogP contribution in [-0.4, -0.2) is 37.6 Å². The molecule has 2 aromatic heterocycles. The van der Waals surface area contributed by atoms with Gasteiger partial charge in [-0.3, -0.25) is 9.36 Å². The summed E-state index contributed by atoms with van der Waals surface area (Å²) < 4.78 is 2.20. The molecule has 4 aromatic rings. The van der Waals surface area contributed by atoms with Crippen molar-refractivity contribution < 1.29 is 4.79 Å². The van der Waals surface area contributed by atoms with Crippen LogP contribution in [0.4, 0.5) is 0 Å². The zero-order valence-corrected chi connectivity index (χ0v) is 20.1. The van der Waals surface area contributed by atoms with Gasteiger partial charge in [-0.1, -0.05) is 60.8 Å². The zero-order valence-electron chi connectivity index (χ0n) is 18.6. The minimum Gasteiger partial charge on any atom is -0.361 e. The minimum absolute atomic E-state index is 0.188. The van der Waals surface area contributed by atoms with Crippen molar-refractivity contribution in [3.8, 4) is 11.4 Å². The van der Waals surface area contributed by atoms with E-state index in [-0.39, 0.29) is 11.7 Å². The molecule has 0 bridgehead atoms. The maximum atomic E-state index is 12.5. The summed E-state index contributed by atoms with van der Waals surface area (Å²) in [6.45, 7) is 0. The summed E-state index contributed by atoms with van der Waals surface area (Å²) in [6.07, 6.45) is 9.35. The maximum absolute atomic E-state index is 12.5. The van der Waals surface area contributed by atoms with Crippen LogP contribution in [0.15, 0.2) is 65.0 Å². The number of aromatic nitrogens is 4. The van der Waals surface area contributed by atoms with Crippen LogP contribution in [0.1, 0.15) is 43.7 Å². The summed E-state index contributed by atoms with van der Waals surface area (Å²) >= 11 is 7.46. The zero-order chi connectivity index (χ0) is 23.3. The molecule has 2 aromatic carbocycles. The Labute approximate surface area is 207 Å². The number of para-hydroxylation sites is 1. The van der Waals surface area contributed by atoms with Crippen LogP contribution in [0.5, 0.6) is 0 Å². The molecule has 7 nitrogen and oxygen atoms in total. The summed E-state index contributed by atoms with van der Waals surface area (Å²) in [4.78, 5) is 15.7. The molecule has 1 aliphatic rings. The van der Waals surface area contributed by atoms with Crippen molar-refractivity contribution in [3.63, 3.8) is 0 Å². The molecule has 0 spiro atoms. The molecule has 9 heteroatoms. The van der Waals surface area contributed by atoms with Gasteiger partial charge in [0.15, 0.2) is 11.0 Å². The molecule has 0 aliphatic heterocycles. The third kappa shape index (κ3) is 5.03. The van der Waals surface area contributed by atoms with Crippen LogP contribution in [0, 0.1) is 0 Å². The molecule has 1 aliphatic carbocycles. The van der Waals surface area contributed by atoms with Gasteiger partial charge in [-0.2, -0.15) is 5.10 Å². The predicted octanol–water partition coefficient (Wildman–Crippen LogP) is 5.83. The SMILES string of the molecule is O=C(CSc1nnc(-c2ccc(Cl)cc2)n1C1CCCCC1)N/N=C/c1c[nH]c2ccccc12. The average molecular weight is 493 g/mol. The molecule has 0 atom stereocenters. The number of aromatic amines is 1. The Morgan fingerprint density at radius 2 is 1.94 bits per heavy atom. The van der Waals surface area contributed by atoms with E-state index >= 15 is 0 Å². The van der Waals surface area contributed by atoms with Gasteiger partial charge in [-0.15, -0.1) is 10.2 Å². The summed E-state index contributed by atoms with van der Waals surface area (Å²) in [5.74, 6) is 0.840. The van der Waals surface area contributed by atoms with Crippen LogP contribution in [0.2, 0.25) is 5.02 Å².